The first-order valence-corrected chi connectivity index (χ1v) is 7.91. The third kappa shape index (κ3) is 3.82. The molecule has 126 valence electrons. The molecule has 1 aliphatic rings. The molecule has 6 heteroatoms. The second-order valence-electron chi connectivity index (χ2n) is 5.97. The number of anilines is 1. The molecule has 24 heavy (non-hydrogen) atoms. The third-order valence-corrected chi connectivity index (χ3v) is 4.03. The van der Waals surface area contributed by atoms with Gasteiger partial charge in [-0.15, -0.1) is 0 Å². The van der Waals surface area contributed by atoms with Crippen molar-refractivity contribution >= 4 is 11.6 Å². The maximum atomic E-state index is 13.0. The average Bonchev–Trinajstić information content (AvgIpc) is 2.50. The van der Waals surface area contributed by atoms with Crippen LogP contribution >= 0.6 is 0 Å². The summed E-state index contributed by atoms with van der Waals surface area (Å²) < 4.78 is 18.8. The Morgan fingerprint density at radius 2 is 2.04 bits per heavy atom. The highest BCUT2D eigenvalue weighted by Crippen LogP contribution is 2.25. The average molecular weight is 329 g/mol. The van der Waals surface area contributed by atoms with Gasteiger partial charge < -0.3 is 15.0 Å². The summed E-state index contributed by atoms with van der Waals surface area (Å²) in [6.07, 6.45) is 1.44. The maximum absolute atomic E-state index is 13.0. The maximum Gasteiger partial charge on any atom is 0.217 e. The number of rotatable bonds is 5. The van der Waals surface area contributed by atoms with E-state index in [1.54, 1.807) is 6.07 Å². The van der Waals surface area contributed by atoms with Gasteiger partial charge >= 0.3 is 0 Å². The molecule has 1 aromatic carbocycles. The zero-order chi connectivity index (χ0) is 17.1. The van der Waals surface area contributed by atoms with Gasteiger partial charge in [-0.3, -0.25) is 4.79 Å². The van der Waals surface area contributed by atoms with Crippen LogP contribution in [-0.4, -0.2) is 30.1 Å². The molecule has 0 radical (unpaired) electrons. The van der Waals surface area contributed by atoms with Crippen LogP contribution < -0.4 is 15.0 Å². The highest BCUT2D eigenvalue weighted by Gasteiger charge is 2.28. The summed E-state index contributed by atoms with van der Waals surface area (Å²) in [5, 5.41) is 2.87. The van der Waals surface area contributed by atoms with Crippen molar-refractivity contribution in [1.29, 1.82) is 0 Å². The fraction of sp³-hybridized carbons (Fsp3) is 0.333. The largest absolute Gasteiger partial charge is 0.487 e. The smallest absolute Gasteiger partial charge is 0.217 e. The standard InChI is InChI=1S/C18H20FN3O2/c1-12(21-13(2)23)14-3-5-15(6-4-14)22-10-17(11-22)24-16-7-8-20-18(19)9-16/h3-9,12,17H,10-11H2,1-2H3,(H,21,23)/t12-/m0/s1. The Labute approximate surface area is 140 Å². The molecule has 2 heterocycles. The topological polar surface area (TPSA) is 54.5 Å². The van der Waals surface area contributed by atoms with Gasteiger partial charge in [0.05, 0.1) is 19.1 Å². The minimum Gasteiger partial charge on any atom is -0.487 e. The predicted octanol–water partition coefficient (Wildman–Crippen LogP) is 2.69. The van der Waals surface area contributed by atoms with Crippen LogP contribution in [0.1, 0.15) is 25.5 Å². The van der Waals surface area contributed by atoms with Gasteiger partial charge in [-0.1, -0.05) is 12.1 Å². The quantitative estimate of drug-likeness (QED) is 0.857. The van der Waals surface area contributed by atoms with Crippen molar-refractivity contribution in [2.24, 2.45) is 0 Å². The van der Waals surface area contributed by atoms with E-state index >= 15 is 0 Å². The molecule has 0 unspecified atom stereocenters. The fourth-order valence-corrected chi connectivity index (χ4v) is 2.74. The van der Waals surface area contributed by atoms with Crippen LogP contribution in [0.3, 0.4) is 0 Å². The summed E-state index contributed by atoms with van der Waals surface area (Å²) in [6, 6.07) is 11.0. The normalized spacial score (nSPS) is 15.5. The lowest BCUT2D eigenvalue weighted by molar-refractivity contribution is -0.119. The number of halogens is 1. The van der Waals surface area contributed by atoms with Crippen LogP contribution in [0.2, 0.25) is 0 Å². The molecule has 1 aliphatic heterocycles. The number of nitrogens with zero attached hydrogens (tertiary/aromatic N) is 2. The number of hydrogen-bond donors (Lipinski definition) is 1. The number of carbonyl (C=O) groups excluding carboxylic acids is 1. The van der Waals surface area contributed by atoms with Crippen molar-refractivity contribution in [2.45, 2.75) is 26.0 Å². The van der Waals surface area contributed by atoms with Crippen LogP contribution in [0, 0.1) is 5.95 Å². The van der Waals surface area contributed by atoms with Crippen LogP contribution in [0.5, 0.6) is 5.75 Å². The van der Waals surface area contributed by atoms with Gasteiger partial charge in [-0.05, 0) is 30.7 Å². The molecule has 5 nitrogen and oxygen atoms in total. The van der Waals surface area contributed by atoms with Crippen molar-refractivity contribution in [3.8, 4) is 5.75 Å². The molecule has 0 bridgehead atoms. The summed E-state index contributed by atoms with van der Waals surface area (Å²) in [5.41, 5.74) is 2.17. The second kappa shape index (κ2) is 6.86. The van der Waals surface area contributed by atoms with E-state index < -0.39 is 5.95 Å². The van der Waals surface area contributed by atoms with Gasteiger partial charge in [0.25, 0.3) is 0 Å². The number of hydrogen-bond acceptors (Lipinski definition) is 4. The van der Waals surface area contributed by atoms with E-state index in [1.807, 2.05) is 31.2 Å². The van der Waals surface area contributed by atoms with Crippen molar-refractivity contribution in [3.63, 3.8) is 0 Å². The highest BCUT2D eigenvalue weighted by molar-refractivity contribution is 5.73. The number of amides is 1. The van der Waals surface area contributed by atoms with Crippen LogP contribution in [0.15, 0.2) is 42.6 Å². The second-order valence-corrected chi connectivity index (χ2v) is 5.97. The first-order valence-electron chi connectivity index (χ1n) is 7.91. The van der Waals surface area contributed by atoms with Crippen molar-refractivity contribution < 1.29 is 13.9 Å². The van der Waals surface area contributed by atoms with Crippen LogP contribution in [0.25, 0.3) is 0 Å². The molecular weight excluding hydrogens is 309 g/mol. The molecule has 3 rings (SSSR count). The molecule has 1 aromatic heterocycles. The van der Waals surface area contributed by atoms with E-state index in [0.29, 0.717) is 5.75 Å². The summed E-state index contributed by atoms with van der Waals surface area (Å²) in [7, 11) is 0. The third-order valence-electron chi connectivity index (χ3n) is 4.03. The van der Waals surface area contributed by atoms with Crippen molar-refractivity contribution in [1.82, 2.24) is 10.3 Å². The zero-order valence-electron chi connectivity index (χ0n) is 13.7. The first kappa shape index (κ1) is 16.2. The van der Waals surface area contributed by atoms with Gasteiger partial charge in [0.1, 0.15) is 11.9 Å². The number of aromatic nitrogens is 1. The van der Waals surface area contributed by atoms with Gasteiger partial charge in [0, 0.05) is 24.9 Å². The Balaban J connectivity index is 1.53. The number of carbonyl (C=O) groups is 1. The number of benzene rings is 1. The van der Waals surface area contributed by atoms with Gasteiger partial charge in [0.2, 0.25) is 11.9 Å². The molecule has 0 saturated carbocycles. The van der Waals surface area contributed by atoms with Crippen molar-refractivity contribution in [2.75, 3.05) is 18.0 Å². The lowest BCUT2D eigenvalue weighted by Gasteiger charge is -2.40. The van der Waals surface area contributed by atoms with Gasteiger partial charge in [0.15, 0.2) is 0 Å². The highest BCUT2D eigenvalue weighted by atomic mass is 19.1. The minimum atomic E-state index is -0.535. The van der Waals surface area contributed by atoms with Crippen LogP contribution in [0.4, 0.5) is 10.1 Å². The summed E-state index contributed by atoms with van der Waals surface area (Å²) >= 11 is 0. The van der Waals surface area contributed by atoms with E-state index in [1.165, 1.54) is 19.2 Å². The molecule has 1 atom stereocenters. The lowest BCUT2D eigenvalue weighted by atomic mass is 10.1. The SMILES string of the molecule is CC(=O)N[C@@H](C)c1ccc(N2CC(Oc3ccnc(F)c3)C2)cc1. The summed E-state index contributed by atoms with van der Waals surface area (Å²) in [4.78, 5) is 16.8. The number of ether oxygens (including phenoxy) is 1. The van der Waals surface area contributed by atoms with Gasteiger partial charge in [-0.25, -0.2) is 4.98 Å². The molecule has 1 fully saturated rings. The molecule has 1 amide bonds. The Hall–Kier alpha value is -2.63. The minimum absolute atomic E-state index is 0.00870. The molecule has 0 spiro atoms. The predicted molar refractivity (Wildman–Crippen MR) is 89.5 cm³/mol. The van der Waals surface area contributed by atoms with Gasteiger partial charge in [-0.2, -0.15) is 4.39 Å². The Morgan fingerprint density at radius 1 is 1.33 bits per heavy atom. The Morgan fingerprint density at radius 3 is 2.67 bits per heavy atom. The van der Waals surface area contributed by atoms with E-state index in [9.17, 15) is 9.18 Å². The summed E-state index contributed by atoms with van der Waals surface area (Å²) in [5.74, 6) is -0.0685. The summed E-state index contributed by atoms with van der Waals surface area (Å²) in [6.45, 7) is 4.98. The van der Waals surface area contributed by atoms with E-state index in [0.717, 1.165) is 24.3 Å². The fourth-order valence-electron chi connectivity index (χ4n) is 2.74. The van der Waals surface area contributed by atoms with Crippen LogP contribution in [-0.2, 0) is 4.79 Å². The van der Waals surface area contributed by atoms with E-state index in [2.05, 4.69) is 15.2 Å². The molecular formula is C18H20FN3O2. The van der Waals surface area contributed by atoms with E-state index in [-0.39, 0.29) is 18.1 Å². The molecule has 1 N–H and O–H groups in total. The number of nitrogens with one attached hydrogen (secondary N) is 1. The first-order chi connectivity index (χ1) is 11.5. The molecule has 2 aromatic rings. The van der Waals surface area contributed by atoms with E-state index in [4.69, 9.17) is 4.74 Å². The Kier molecular flexibility index (Phi) is 4.64. The number of pyridine rings is 1. The Bertz CT molecular complexity index is 714. The van der Waals surface area contributed by atoms with Crippen molar-refractivity contribution in [3.05, 3.63) is 54.1 Å². The molecule has 1 saturated heterocycles. The molecule has 0 aliphatic carbocycles. The zero-order valence-corrected chi connectivity index (χ0v) is 13.7. The monoisotopic (exact) mass is 329 g/mol. The lowest BCUT2D eigenvalue weighted by Crippen LogP contribution is -2.54.